The Morgan fingerprint density at radius 3 is 2.67 bits per heavy atom. The Hall–Kier alpha value is -2.14. The summed E-state index contributed by atoms with van der Waals surface area (Å²) < 4.78 is 15.5. The average Bonchev–Trinajstić information content (AvgIpc) is 2.89. The number of aliphatic hydroxyl groups excluding tert-OH is 1. The first-order chi connectivity index (χ1) is 8.72. The Morgan fingerprint density at radius 2 is 2.06 bits per heavy atom. The van der Waals surface area contributed by atoms with Gasteiger partial charge in [-0.05, 0) is 30.3 Å². The lowest BCUT2D eigenvalue weighted by atomic mass is 10.2. The topological polar surface area (TPSA) is 54.3 Å². The highest BCUT2D eigenvalue weighted by Gasteiger charge is 2.09. The van der Waals surface area contributed by atoms with Crippen molar-refractivity contribution in [2.24, 2.45) is 0 Å². The van der Waals surface area contributed by atoms with Crippen molar-refractivity contribution in [3.8, 4) is 5.69 Å². The fourth-order valence-electron chi connectivity index (χ4n) is 1.62. The predicted octanol–water partition coefficient (Wildman–Crippen LogP) is 1.34. The Labute approximate surface area is 104 Å². The number of benzene rings is 1. The van der Waals surface area contributed by atoms with E-state index in [1.807, 2.05) is 0 Å². The van der Waals surface area contributed by atoms with E-state index in [9.17, 15) is 9.18 Å². The summed E-state index contributed by atoms with van der Waals surface area (Å²) >= 11 is 0. The smallest absolute Gasteiger partial charge is 0.251 e. The molecule has 1 aromatic heterocycles. The minimum absolute atomic E-state index is 0.143. The summed E-state index contributed by atoms with van der Waals surface area (Å²) in [6.07, 6.45) is 3.45. The van der Waals surface area contributed by atoms with Gasteiger partial charge in [-0.25, -0.2) is 4.39 Å². The van der Waals surface area contributed by atoms with Gasteiger partial charge in [0.05, 0.1) is 12.3 Å². The van der Waals surface area contributed by atoms with E-state index in [0.29, 0.717) is 5.69 Å². The zero-order valence-electron chi connectivity index (χ0n) is 9.64. The number of halogens is 1. The normalized spacial score (nSPS) is 10.3. The van der Waals surface area contributed by atoms with Crippen LogP contribution in [0.2, 0.25) is 0 Å². The van der Waals surface area contributed by atoms with E-state index in [-0.39, 0.29) is 18.7 Å². The average molecular weight is 248 g/mol. The Kier molecular flexibility index (Phi) is 3.74. The standard InChI is InChI=1S/C13H13FN2O2/c14-11-9-10(13(18)15-5-8-17)3-4-12(11)16-6-1-2-7-16/h1-4,6-7,9,17H,5,8H2,(H,15,18). The molecule has 4 nitrogen and oxygen atoms in total. The summed E-state index contributed by atoms with van der Waals surface area (Å²) in [5, 5.41) is 11.1. The maximum absolute atomic E-state index is 13.8. The number of nitrogens with one attached hydrogen (secondary N) is 1. The molecule has 0 aliphatic heterocycles. The molecule has 1 aromatic carbocycles. The lowest BCUT2D eigenvalue weighted by molar-refractivity contribution is 0.0944. The van der Waals surface area contributed by atoms with Crippen LogP contribution in [-0.4, -0.2) is 28.7 Å². The molecule has 2 rings (SSSR count). The van der Waals surface area contributed by atoms with Crippen LogP contribution in [0.3, 0.4) is 0 Å². The van der Waals surface area contributed by atoms with Crippen LogP contribution < -0.4 is 5.32 Å². The first-order valence-electron chi connectivity index (χ1n) is 5.54. The lowest BCUT2D eigenvalue weighted by Crippen LogP contribution is -2.26. The molecule has 2 aromatic rings. The van der Waals surface area contributed by atoms with Gasteiger partial charge < -0.3 is 15.0 Å². The van der Waals surface area contributed by atoms with Crippen LogP contribution in [0.1, 0.15) is 10.4 Å². The van der Waals surface area contributed by atoms with Gasteiger partial charge in [0.2, 0.25) is 0 Å². The molecule has 0 radical (unpaired) electrons. The van der Waals surface area contributed by atoms with Gasteiger partial charge in [0.25, 0.3) is 5.91 Å². The molecule has 0 aliphatic rings. The molecule has 0 saturated carbocycles. The SMILES string of the molecule is O=C(NCCO)c1ccc(-n2cccc2)c(F)c1. The monoisotopic (exact) mass is 248 g/mol. The maximum atomic E-state index is 13.8. The fourth-order valence-corrected chi connectivity index (χ4v) is 1.62. The van der Waals surface area contributed by atoms with Gasteiger partial charge in [-0.1, -0.05) is 0 Å². The summed E-state index contributed by atoms with van der Waals surface area (Å²) in [6, 6.07) is 7.86. The van der Waals surface area contributed by atoms with E-state index in [1.165, 1.54) is 6.07 Å². The van der Waals surface area contributed by atoms with Gasteiger partial charge in [-0.2, -0.15) is 0 Å². The highest BCUT2D eigenvalue weighted by molar-refractivity contribution is 5.94. The van der Waals surface area contributed by atoms with Gasteiger partial charge in [0, 0.05) is 24.5 Å². The third kappa shape index (κ3) is 2.57. The number of rotatable bonds is 4. The minimum Gasteiger partial charge on any atom is -0.395 e. The van der Waals surface area contributed by atoms with Crippen LogP contribution in [0.25, 0.3) is 5.69 Å². The van der Waals surface area contributed by atoms with Crippen molar-refractivity contribution >= 4 is 5.91 Å². The molecule has 0 unspecified atom stereocenters. The van der Waals surface area contributed by atoms with Gasteiger partial charge in [-0.15, -0.1) is 0 Å². The first kappa shape index (κ1) is 12.3. The Balaban J connectivity index is 2.22. The van der Waals surface area contributed by atoms with E-state index < -0.39 is 11.7 Å². The molecule has 0 bridgehead atoms. The van der Waals surface area contributed by atoms with Crippen LogP contribution in [0.4, 0.5) is 4.39 Å². The molecule has 0 fully saturated rings. The highest BCUT2D eigenvalue weighted by Crippen LogP contribution is 2.15. The number of carbonyl (C=O) groups is 1. The highest BCUT2D eigenvalue weighted by atomic mass is 19.1. The largest absolute Gasteiger partial charge is 0.395 e. The number of aromatic nitrogens is 1. The van der Waals surface area contributed by atoms with Crippen molar-refractivity contribution in [1.29, 1.82) is 0 Å². The number of aliphatic hydroxyl groups is 1. The van der Waals surface area contributed by atoms with Crippen molar-refractivity contribution in [2.75, 3.05) is 13.2 Å². The summed E-state index contributed by atoms with van der Waals surface area (Å²) in [4.78, 5) is 11.6. The Morgan fingerprint density at radius 1 is 1.33 bits per heavy atom. The molecule has 1 amide bonds. The molecule has 0 aliphatic carbocycles. The summed E-state index contributed by atoms with van der Waals surface area (Å²) in [7, 11) is 0. The van der Waals surface area contributed by atoms with Gasteiger partial charge in [0.1, 0.15) is 5.82 Å². The van der Waals surface area contributed by atoms with E-state index in [2.05, 4.69) is 5.32 Å². The number of carbonyl (C=O) groups excluding carboxylic acids is 1. The number of hydrogen-bond donors (Lipinski definition) is 2. The van der Waals surface area contributed by atoms with Gasteiger partial charge in [0.15, 0.2) is 0 Å². The minimum atomic E-state index is -0.470. The molecular weight excluding hydrogens is 235 g/mol. The molecule has 5 heteroatoms. The summed E-state index contributed by atoms with van der Waals surface area (Å²) in [6.45, 7) is 0.00940. The molecule has 94 valence electrons. The molecule has 0 saturated heterocycles. The third-order valence-corrected chi connectivity index (χ3v) is 2.49. The maximum Gasteiger partial charge on any atom is 0.251 e. The van der Waals surface area contributed by atoms with Crippen molar-refractivity contribution < 1.29 is 14.3 Å². The predicted molar refractivity (Wildman–Crippen MR) is 65.1 cm³/mol. The lowest BCUT2D eigenvalue weighted by Gasteiger charge is -2.07. The van der Waals surface area contributed by atoms with Crippen LogP contribution in [-0.2, 0) is 0 Å². The summed E-state index contributed by atoms with van der Waals surface area (Å²) in [5.41, 5.74) is 0.621. The quantitative estimate of drug-likeness (QED) is 0.857. The summed E-state index contributed by atoms with van der Waals surface area (Å²) in [5.74, 6) is -0.871. The van der Waals surface area contributed by atoms with Crippen LogP contribution in [0.5, 0.6) is 0 Å². The van der Waals surface area contributed by atoms with E-state index >= 15 is 0 Å². The molecule has 2 N–H and O–H groups in total. The van der Waals surface area contributed by atoms with Crippen molar-refractivity contribution in [3.63, 3.8) is 0 Å². The second kappa shape index (κ2) is 5.46. The van der Waals surface area contributed by atoms with Crippen molar-refractivity contribution in [1.82, 2.24) is 9.88 Å². The fraction of sp³-hybridized carbons (Fsp3) is 0.154. The molecule has 18 heavy (non-hydrogen) atoms. The van der Waals surface area contributed by atoms with Crippen molar-refractivity contribution in [2.45, 2.75) is 0 Å². The number of amides is 1. The Bertz CT molecular complexity index is 538. The number of hydrogen-bond acceptors (Lipinski definition) is 2. The molecule has 0 spiro atoms. The molecule has 1 heterocycles. The van der Waals surface area contributed by atoms with Crippen LogP contribution in [0.15, 0.2) is 42.7 Å². The number of nitrogens with zero attached hydrogens (tertiary/aromatic N) is 1. The zero-order valence-corrected chi connectivity index (χ0v) is 9.64. The van der Waals surface area contributed by atoms with E-state index in [4.69, 9.17) is 5.11 Å². The van der Waals surface area contributed by atoms with E-state index in [0.717, 1.165) is 0 Å². The second-order valence-corrected chi connectivity index (χ2v) is 3.74. The van der Waals surface area contributed by atoms with Gasteiger partial charge in [-0.3, -0.25) is 4.79 Å². The van der Waals surface area contributed by atoms with Crippen LogP contribution in [0, 0.1) is 5.82 Å². The van der Waals surface area contributed by atoms with Crippen LogP contribution >= 0.6 is 0 Å². The van der Waals surface area contributed by atoms with E-state index in [1.54, 1.807) is 41.2 Å². The second-order valence-electron chi connectivity index (χ2n) is 3.74. The zero-order chi connectivity index (χ0) is 13.0. The van der Waals surface area contributed by atoms with Gasteiger partial charge >= 0.3 is 0 Å². The first-order valence-corrected chi connectivity index (χ1v) is 5.54. The third-order valence-electron chi connectivity index (χ3n) is 2.49. The van der Waals surface area contributed by atoms with Crippen molar-refractivity contribution in [3.05, 3.63) is 54.1 Å². The molecule has 0 atom stereocenters. The molecular formula is C13H13FN2O2.